The largest absolute Gasteiger partial charge is 0.490 e. The van der Waals surface area contributed by atoms with Gasteiger partial charge in [0.15, 0.2) is 11.3 Å². The lowest BCUT2D eigenvalue weighted by Gasteiger charge is -2.04. The van der Waals surface area contributed by atoms with Crippen molar-refractivity contribution in [2.45, 2.75) is 33.2 Å². The van der Waals surface area contributed by atoms with Gasteiger partial charge in [-0.2, -0.15) is 0 Å². The van der Waals surface area contributed by atoms with Gasteiger partial charge in [-0.15, -0.1) is 0 Å². The van der Waals surface area contributed by atoms with Crippen molar-refractivity contribution in [3.05, 3.63) is 30.0 Å². The third kappa shape index (κ3) is 3.05. The SMILES string of the molecule is CCCNCc1cc2cccc(OCCC)c2o1. The zero-order valence-electron chi connectivity index (χ0n) is 11.2. The average molecular weight is 247 g/mol. The third-order valence-corrected chi connectivity index (χ3v) is 2.75. The summed E-state index contributed by atoms with van der Waals surface area (Å²) in [5, 5.41) is 4.45. The predicted octanol–water partition coefficient (Wildman–Crippen LogP) is 3.72. The number of furan rings is 1. The molecule has 1 N–H and O–H groups in total. The van der Waals surface area contributed by atoms with E-state index in [1.807, 2.05) is 12.1 Å². The van der Waals surface area contributed by atoms with Crippen molar-refractivity contribution in [3.63, 3.8) is 0 Å². The highest BCUT2D eigenvalue weighted by Gasteiger charge is 2.08. The number of para-hydroxylation sites is 1. The Labute approximate surface area is 108 Å². The summed E-state index contributed by atoms with van der Waals surface area (Å²) in [7, 11) is 0. The van der Waals surface area contributed by atoms with Crippen molar-refractivity contribution >= 4 is 11.0 Å². The molecule has 3 nitrogen and oxygen atoms in total. The second-order valence-electron chi connectivity index (χ2n) is 4.41. The summed E-state index contributed by atoms with van der Waals surface area (Å²) in [6, 6.07) is 8.11. The fourth-order valence-electron chi connectivity index (χ4n) is 1.89. The van der Waals surface area contributed by atoms with Gasteiger partial charge in [-0.25, -0.2) is 0 Å². The van der Waals surface area contributed by atoms with Crippen molar-refractivity contribution in [1.82, 2.24) is 5.32 Å². The normalized spacial score (nSPS) is 11.0. The standard InChI is InChI=1S/C15H21NO2/c1-3-8-16-11-13-10-12-6-5-7-14(15(12)18-13)17-9-4-2/h5-7,10,16H,3-4,8-9,11H2,1-2H3. The first-order valence-electron chi connectivity index (χ1n) is 6.70. The Kier molecular flexibility index (Phi) is 4.65. The maximum absolute atomic E-state index is 5.86. The van der Waals surface area contributed by atoms with Gasteiger partial charge >= 0.3 is 0 Å². The van der Waals surface area contributed by atoms with Crippen LogP contribution < -0.4 is 10.1 Å². The minimum Gasteiger partial charge on any atom is -0.490 e. The number of ether oxygens (including phenoxy) is 1. The number of benzene rings is 1. The minimum atomic E-state index is 0.725. The summed E-state index contributed by atoms with van der Waals surface area (Å²) in [5.74, 6) is 1.81. The number of hydrogen-bond donors (Lipinski definition) is 1. The fourth-order valence-corrected chi connectivity index (χ4v) is 1.89. The van der Waals surface area contributed by atoms with Gasteiger partial charge in [0, 0.05) is 5.39 Å². The molecule has 3 heteroatoms. The highest BCUT2D eigenvalue weighted by molar-refractivity contribution is 5.83. The summed E-state index contributed by atoms with van der Waals surface area (Å²) in [6.45, 7) is 6.76. The van der Waals surface area contributed by atoms with Crippen LogP contribution >= 0.6 is 0 Å². The molecule has 0 spiro atoms. The van der Waals surface area contributed by atoms with Gasteiger partial charge in [-0.1, -0.05) is 26.0 Å². The van der Waals surface area contributed by atoms with E-state index in [0.29, 0.717) is 0 Å². The number of fused-ring (bicyclic) bond motifs is 1. The molecule has 0 saturated carbocycles. The molecule has 0 aliphatic rings. The summed E-state index contributed by atoms with van der Waals surface area (Å²) >= 11 is 0. The molecule has 0 aliphatic carbocycles. The van der Waals surface area contributed by atoms with E-state index < -0.39 is 0 Å². The van der Waals surface area contributed by atoms with Crippen LogP contribution in [0, 0.1) is 0 Å². The van der Waals surface area contributed by atoms with Crippen molar-refractivity contribution in [3.8, 4) is 5.75 Å². The second-order valence-corrected chi connectivity index (χ2v) is 4.41. The predicted molar refractivity (Wildman–Crippen MR) is 74.0 cm³/mol. The topological polar surface area (TPSA) is 34.4 Å². The van der Waals surface area contributed by atoms with Crippen LogP contribution in [0.15, 0.2) is 28.7 Å². The third-order valence-electron chi connectivity index (χ3n) is 2.75. The molecule has 0 atom stereocenters. The molecule has 1 aromatic carbocycles. The summed E-state index contributed by atoms with van der Waals surface area (Å²) < 4.78 is 11.5. The minimum absolute atomic E-state index is 0.725. The Balaban J connectivity index is 2.15. The summed E-state index contributed by atoms with van der Waals surface area (Å²) in [6.07, 6.45) is 2.13. The zero-order valence-corrected chi connectivity index (χ0v) is 11.2. The van der Waals surface area contributed by atoms with Crippen molar-refractivity contribution in [2.75, 3.05) is 13.2 Å². The molecular weight excluding hydrogens is 226 g/mol. The highest BCUT2D eigenvalue weighted by Crippen LogP contribution is 2.28. The quantitative estimate of drug-likeness (QED) is 0.757. The van der Waals surface area contributed by atoms with Gasteiger partial charge in [0.05, 0.1) is 13.2 Å². The molecule has 0 fully saturated rings. The molecule has 0 amide bonds. The maximum atomic E-state index is 5.86. The van der Waals surface area contributed by atoms with E-state index in [2.05, 4.69) is 31.3 Å². The smallest absolute Gasteiger partial charge is 0.176 e. The van der Waals surface area contributed by atoms with E-state index in [4.69, 9.17) is 9.15 Å². The molecule has 18 heavy (non-hydrogen) atoms. The van der Waals surface area contributed by atoms with Gasteiger partial charge in [0.2, 0.25) is 0 Å². The second kappa shape index (κ2) is 6.45. The fraction of sp³-hybridized carbons (Fsp3) is 0.467. The van der Waals surface area contributed by atoms with Crippen LogP contribution in [0.25, 0.3) is 11.0 Å². The van der Waals surface area contributed by atoms with Gasteiger partial charge in [0.25, 0.3) is 0 Å². The number of nitrogens with one attached hydrogen (secondary N) is 1. The van der Waals surface area contributed by atoms with Crippen LogP contribution in [-0.4, -0.2) is 13.2 Å². The lowest BCUT2D eigenvalue weighted by atomic mass is 10.2. The lowest BCUT2D eigenvalue weighted by molar-refractivity contribution is 0.315. The summed E-state index contributed by atoms with van der Waals surface area (Å²) in [4.78, 5) is 0. The molecular formula is C15H21NO2. The molecule has 0 radical (unpaired) electrons. The molecule has 0 saturated heterocycles. The highest BCUT2D eigenvalue weighted by atomic mass is 16.5. The van der Waals surface area contributed by atoms with Crippen LogP contribution in [0.2, 0.25) is 0 Å². The maximum Gasteiger partial charge on any atom is 0.176 e. The Hall–Kier alpha value is -1.48. The van der Waals surface area contributed by atoms with Crippen LogP contribution in [0.5, 0.6) is 5.75 Å². The van der Waals surface area contributed by atoms with Crippen LogP contribution in [0.1, 0.15) is 32.4 Å². The van der Waals surface area contributed by atoms with E-state index in [-0.39, 0.29) is 0 Å². The van der Waals surface area contributed by atoms with E-state index >= 15 is 0 Å². The molecule has 0 aliphatic heterocycles. The van der Waals surface area contributed by atoms with Gasteiger partial charge < -0.3 is 14.5 Å². The first kappa shape index (κ1) is 13.0. The molecule has 1 heterocycles. The summed E-state index contributed by atoms with van der Waals surface area (Å²) in [5.41, 5.74) is 0.860. The molecule has 2 rings (SSSR count). The first-order valence-corrected chi connectivity index (χ1v) is 6.70. The lowest BCUT2D eigenvalue weighted by Crippen LogP contribution is -2.12. The average Bonchev–Trinajstić information content (AvgIpc) is 2.80. The molecule has 98 valence electrons. The molecule has 1 aromatic heterocycles. The van der Waals surface area contributed by atoms with Gasteiger partial charge in [0.1, 0.15) is 5.76 Å². The van der Waals surface area contributed by atoms with Crippen LogP contribution in [-0.2, 0) is 6.54 Å². The van der Waals surface area contributed by atoms with E-state index in [1.165, 1.54) is 0 Å². The van der Waals surface area contributed by atoms with Crippen molar-refractivity contribution < 1.29 is 9.15 Å². The van der Waals surface area contributed by atoms with Gasteiger partial charge in [-0.3, -0.25) is 0 Å². The van der Waals surface area contributed by atoms with Crippen molar-refractivity contribution in [2.24, 2.45) is 0 Å². The van der Waals surface area contributed by atoms with Gasteiger partial charge in [-0.05, 0) is 31.5 Å². The monoisotopic (exact) mass is 247 g/mol. The van der Waals surface area contributed by atoms with E-state index in [0.717, 1.165) is 55.0 Å². The van der Waals surface area contributed by atoms with E-state index in [1.54, 1.807) is 0 Å². The zero-order chi connectivity index (χ0) is 12.8. The van der Waals surface area contributed by atoms with E-state index in [9.17, 15) is 0 Å². The molecule has 0 bridgehead atoms. The first-order chi connectivity index (χ1) is 8.85. The molecule has 0 unspecified atom stereocenters. The van der Waals surface area contributed by atoms with Crippen LogP contribution in [0.3, 0.4) is 0 Å². The Bertz CT molecular complexity index is 490. The Morgan fingerprint density at radius 3 is 2.89 bits per heavy atom. The van der Waals surface area contributed by atoms with Crippen LogP contribution in [0.4, 0.5) is 0 Å². The Morgan fingerprint density at radius 1 is 1.22 bits per heavy atom. The molecule has 2 aromatic rings. The number of hydrogen-bond acceptors (Lipinski definition) is 3. The Morgan fingerprint density at radius 2 is 2.11 bits per heavy atom. The number of rotatable bonds is 7. The van der Waals surface area contributed by atoms with Crippen molar-refractivity contribution in [1.29, 1.82) is 0 Å².